The molecule has 1 aromatic carbocycles. The summed E-state index contributed by atoms with van der Waals surface area (Å²) >= 11 is 0. The molecular weight excluding hydrogens is 245 g/mol. The monoisotopic (exact) mass is 261 g/mol. The maximum atomic E-state index is 13.5. The number of hydrogen-bond donors (Lipinski definition) is 2. The lowest BCUT2D eigenvalue weighted by molar-refractivity contribution is 0.336. The summed E-state index contributed by atoms with van der Waals surface area (Å²) in [6, 6.07) is 8.35. The van der Waals surface area contributed by atoms with Crippen LogP contribution >= 0.6 is 0 Å². The summed E-state index contributed by atoms with van der Waals surface area (Å²) in [5.41, 5.74) is 7.26. The zero-order chi connectivity index (χ0) is 13.7. The predicted octanol–water partition coefficient (Wildman–Crippen LogP) is 2.82. The van der Waals surface area contributed by atoms with Crippen molar-refractivity contribution >= 4 is 11.5 Å². The Hall–Kier alpha value is -2.14. The zero-order valence-electron chi connectivity index (χ0n) is 10.7. The third-order valence-electron chi connectivity index (χ3n) is 2.60. The van der Waals surface area contributed by atoms with Crippen molar-refractivity contribution in [2.24, 2.45) is 5.73 Å². The van der Waals surface area contributed by atoms with Crippen molar-refractivity contribution in [1.82, 2.24) is 4.98 Å². The molecule has 0 spiro atoms. The molecule has 0 amide bonds. The highest BCUT2D eigenvalue weighted by Crippen LogP contribution is 2.25. The van der Waals surface area contributed by atoms with Crippen molar-refractivity contribution in [3.05, 3.63) is 47.9 Å². The van der Waals surface area contributed by atoms with Gasteiger partial charge in [0.25, 0.3) is 0 Å². The van der Waals surface area contributed by atoms with Crippen LogP contribution in [0.3, 0.4) is 0 Å². The number of halogens is 1. The summed E-state index contributed by atoms with van der Waals surface area (Å²) in [5, 5.41) is 2.92. The van der Waals surface area contributed by atoms with Crippen LogP contribution in [0.1, 0.15) is 12.5 Å². The van der Waals surface area contributed by atoms with Crippen LogP contribution in [0.4, 0.5) is 15.9 Å². The molecule has 1 aromatic heterocycles. The van der Waals surface area contributed by atoms with Crippen LogP contribution in [-0.4, -0.2) is 11.6 Å². The molecule has 1 heterocycles. The Morgan fingerprint density at radius 3 is 2.89 bits per heavy atom. The first-order valence-electron chi connectivity index (χ1n) is 6.08. The van der Waals surface area contributed by atoms with Gasteiger partial charge in [-0.25, -0.2) is 9.37 Å². The molecule has 0 aliphatic rings. The maximum Gasteiger partial charge on any atom is 0.166 e. The minimum atomic E-state index is -0.398. The van der Waals surface area contributed by atoms with Crippen LogP contribution in [0.15, 0.2) is 36.5 Å². The number of nitrogens with one attached hydrogen (secondary N) is 1. The number of anilines is 2. The van der Waals surface area contributed by atoms with E-state index in [1.54, 1.807) is 12.1 Å². The molecule has 4 nitrogen and oxygen atoms in total. The van der Waals surface area contributed by atoms with Crippen LogP contribution in [0.25, 0.3) is 0 Å². The summed E-state index contributed by atoms with van der Waals surface area (Å²) < 4.78 is 18.9. The molecule has 2 rings (SSSR count). The predicted molar refractivity (Wildman–Crippen MR) is 73.0 cm³/mol. The van der Waals surface area contributed by atoms with Gasteiger partial charge in [-0.15, -0.1) is 0 Å². The molecular formula is C14H16FN3O. The fourth-order valence-electron chi connectivity index (χ4n) is 1.73. The Labute approximate surface area is 111 Å². The first-order chi connectivity index (χ1) is 9.24. The Morgan fingerprint density at radius 2 is 2.21 bits per heavy atom. The fraction of sp³-hybridized carbons (Fsp3) is 0.214. The number of rotatable bonds is 5. The van der Waals surface area contributed by atoms with Gasteiger partial charge in [0.15, 0.2) is 11.6 Å². The molecule has 0 bridgehead atoms. The average molecular weight is 261 g/mol. The summed E-state index contributed by atoms with van der Waals surface area (Å²) in [4.78, 5) is 3.94. The number of ether oxygens (including phenoxy) is 1. The van der Waals surface area contributed by atoms with Crippen LogP contribution in [0, 0.1) is 5.82 Å². The van der Waals surface area contributed by atoms with Crippen molar-refractivity contribution in [2.75, 3.05) is 11.9 Å². The van der Waals surface area contributed by atoms with Crippen molar-refractivity contribution in [1.29, 1.82) is 0 Å². The van der Waals surface area contributed by atoms with Crippen LogP contribution < -0.4 is 15.8 Å². The average Bonchev–Trinajstić information content (AvgIpc) is 2.43. The Bertz CT molecular complexity index is 560. The first-order valence-corrected chi connectivity index (χ1v) is 6.08. The van der Waals surface area contributed by atoms with E-state index in [1.807, 2.05) is 19.1 Å². The van der Waals surface area contributed by atoms with Gasteiger partial charge in [0.2, 0.25) is 0 Å². The molecule has 5 heteroatoms. The van der Waals surface area contributed by atoms with E-state index < -0.39 is 5.82 Å². The van der Waals surface area contributed by atoms with E-state index in [4.69, 9.17) is 10.5 Å². The second kappa shape index (κ2) is 6.15. The molecule has 0 aliphatic heterocycles. The van der Waals surface area contributed by atoms with E-state index in [9.17, 15) is 4.39 Å². The van der Waals surface area contributed by atoms with E-state index >= 15 is 0 Å². The van der Waals surface area contributed by atoms with Gasteiger partial charge in [0, 0.05) is 24.0 Å². The van der Waals surface area contributed by atoms with Gasteiger partial charge >= 0.3 is 0 Å². The molecule has 3 N–H and O–H groups in total. The van der Waals surface area contributed by atoms with Gasteiger partial charge in [0.05, 0.1) is 6.61 Å². The molecule has 100 valence electrons. The maximum absolute atomic E-state index is 13.5. The zero-order valence-corrected chi connectivity index (χ0v) is 10.7. The minimum absolute atomic E-state index is 0.189. The number of nitrogens with two attached hydrogens (primary N) is 1. The molecule has 0 fully saturated rings. The topological polar surface area (TPSA) is 60.2 Å². The number of pyridine rings is 1. The van der Waals surface area contributed by atoms with E-state index in [1.165, 1.54) is 12.3 Å². The summed E-state index contributed by atoms with van der Waals surface area (Å²) in [7, 11) is 0. The van der Waals surface area contributed by atoms with Gasteiger partial charge in [-0.1, -0.05) is 0 Å². The van der Waals surface area contributed by atoms with Crippen LogP contribution in [0.2, 0.25) is 0 Å². The van der Waals surface area contributed by atoms with Crippen molar-refractivity contribution in [3.63, 3.8) is 0 Å². The standard InChI is InChI=1S/C14H16FN3O/c1-2-19-13-6-5-11(8-10(13)9-16)18-14-12(15)4-3-7-17-14/h3-8H,2,9,16H2,1H3,(H,17,18). The number of aromatic nitrogens is 1. The number of hydrogen-bond acceptors (Lipinski definition) is 4. The lowest BCUT2D eigenvalue weighted by atomic mass is 10.1. The Kier molecular flexibility index (Phi) is 4.30. The highest BCUT2D eigenvalue weighted by Gasteiger charge is 2.06. The molecule has 2 aromatic rings. The number of nitrogens with zero attached hydrogens (tertiary/aromatic N) is 1. The minimum Gasteiger partial charge on any atom is -0.494 e. The van der Waals surface area contributed by atoms with Crippen molar-refractivity contribution < 1.29 is 9.13 Å². The lowest BCUT2D eigenvalue weighted by Crippen LogP contribution is -2.04. The second-order valence-corrected chi connectivity index (χ2v) is 3.92. The fourth-order valence-corrected chi connectivity index (χ4v) is 1.73. The SMILES string of the molecule is CCOc1ccc(Nc2ncccc2F)cc1CN. The van der Waals surface area contributed by atoms with Gasteiger partial charge < -0.3 is 15.8 Å². The number of benzene rings is 1. The largest absolute Gasteiger partial charge is 0.494 e. The Balaban J connectivity index is 2.24. The van der Waals surface area contributed by atoms with Gasteiger partial charge in [-0.05, 0) is 37.3 Å². The molecule has 19 heavy (non-hydrogen) atoms. The Morgan fingerprint density at radius 1 is 1.37 bits per heavy atom. The molecule has 0 unspecified atom stereocenters. The molecule has 0 radical (unpaired) electrons. The van der Waals surface area contributed by atoms with Crippen molar-refractivity contribution in [2.45, 2.75) is 13.5 Å². The summed E-state index contributed by atoms with van der Waals surface area (Å²) in [6.45, 7) is 2.85. The molecule has 0 aliphatic carbocycles. The summed E-state index contributed by atoms with van der Waals surface area (Å²) in [5.74, 6) is 0.539. The van der Waals surface area contributed by atoms with E-state index in [-0.39, 0.29) is 5.82 Å². The lowest BCUT2D eigenvalue weighted by Gasteiger charge is -2.12. The molecule has 0 saturated carbocycles. The van der Waals surface area contributed by atoms with Crippen molar-refractivity contribution in [3.8, 4) is 5.75 Å². The highest BCUT2D eigenvalue weighted by atomic mass is 19.1. The third kappa shape index (κ3) is 3.20. The van der Waals surface area contributed by atoms with E-state index in [2.05, 4.69) is 10.3 Å². The highest BCUT2D eigenvalue weighted by molar-refractivity contribution is 5.59. The quantitative estimate of drug-likeness (QED) is 0.868. The molecule has 0 atom stereocenters. The first kappa shape index (κ1) is 13.3. The van der Waals surface area contributed by atoms with E-state index in [0.29, 0.717) is 13.2 Å². The van der Waals surface area contributed by atoms with Gasteiger partial charge in [-0.3, -0.25) is 0 Å². The smallest absolute Gasteiger partial charge is 0.166 e. The molecule has 0 saturated heterocycles. The van der Waals surface area contributed by atoms with Gasteiger partial charge in [0.1, 0.15) is 5.75 Å². The van der Waals surface area contributed by atoms with Gasteiger partial charge in [-0.2, -0.15) is 0 Å². The van der Waals surface area contributed by atoms with E-state index in [0.717, 1.165) is 17.0 Å². The summed E-state index contributed by atoms with van der Waals surface area (Å²) in [6.07, 6.45) is 1.53. The van der Waals surface area contributed by atoms with Crippen LogP contribution in [0.5, 0.6) is 5.75 Å². The third-order valence-corrected chi connectivity index (χ3v) is 2.60. The van der Waals surface area contributed by atoms with Crippen LogP contribution in [-0.2, 0) is 6.54 Å². The second-order valence-electron chi connectivity index (χ2n) is 3.92. The normalized spacial score (nSPS) is 10.3.